The molecule has 206 valence electrons. The van der Waals surface area contributed by atoms with Crippen molar-refractivity contribution in [3.05, 3.63) is 59.7 Å². The second-order valence-corrected chi connectivity index (χ2v) is 10.9. The second kappa shape index (κ2) is 12.3. The smallest absolute Gasteiger partial charge is 0.225 e. The summed E-state index contributed by atoms with van der Waals surface area (Å²) in [7, 11) is 0. The number of rotatable bonds is 9. The van der Waals surface area contributed by atoms with E-state index in [4.69, 9.17) is 10.5 Å². The Bertz CT molecular complexity index is 1110. The lowest BCUT2D eigenvalue weighted by atomic mass is 9.73. The Hall–Kier alpha value is -2.94. The van der Waals surface area contributed by atoms with Crippen LogP contribution in [-0.4, -0.2) is 58.7 Å². The number of piperidine rings is 1. The number of benzene rings is 2. The summed E-state index contributed by atoms with van der Waals surface area (Å²) in [6, 6.07) is 14.9. The van der Waals surface area contributed by atoms with Crippen LogP contribution in [0.2, 0.25) is 0 Å². The molecule has 1 heterocycles. The number of para-hydroxylation sites is 2. The normalized spacial score (nSPS) is 25.0. The van der Waals surface area contributed by atoms with Gasteiger partial charge in [0.15, 0.2) is 0 Å². The van der Waals surface area contributed by atoms with Crippen molar-refractivity contribution in [1.82, 2.24) is 10.2 Å². The lowest BCUT2D eigenvalue weighted by molar-refractivity contribution is -0.141. The Morgan fingerprint density at radius 3 is 2.53 bits per heavy atom. The number of aryl methyl sites for hydroxylation is 1. The Balaban J connectivity index is 1.61. The van der Waals surface area contributed by atoms with E-state index in [1.807, 2.05) is 60.4 Å². The van der Waals surface area contributed by atoms with Gasteiger partial charge in [0, 0.05) is 50.0 Å². The van der Waals surface area contributed by atoms with Crippen LogP contribution in [-0.2, 0) is 15.2 Å². The predicted octanol–water partition coefficient (Wildman–Crippen LogP) is 3.23. The zero-order valence-corrected chi connectivity index (χ0v) is 22.4. The molecule has 1 aliphatic heterocycles. The fourth-order valence-corrected chi connectivity index (χ4v) is 5.96. The maximum absolute atomic E-state index is 13.4. The van der Waals surface area contributed by atoms with Gasteiger partial charge in [-0.15, -0.1) is 0 Å². The van der Waals surface area contributed by atoms with Gasteiger partial charge in [-0.2, -0.15) is 0 Å². The minimum absolute atomic E-state index is 0.00624. The van der Waals surface area contributed by atoms with Crippen LogP contribution in [0.15, 0.2) is 48.5 Å². The van der Waals surface area contributed by atoms with Gasteiger partial charge in [0.2, 0.25) is 11.8 Å². The SMILES string of the molecule is CC(=O)NCCC[C@@](O)(c1ccccc1Oc1ccccc1C)[C@@H]1CCCN(C(=O)[C@H]2C[C@@H](N)[C@@H](O)C2)C1. The standard InChI is InChI=1S/C30H41N3O5/c1-20-9-3-5-12-27(20)38-28-13-6-4-11-24(28)30(37,14-8-15-32-21(2)34)23-10-7-16-33(19-23)29(36)22-17-25(31)26(35)18-22/h3-6,9,11-13,22-23,25-26,35,37H,7-8,10,14-19,31H2,1-2H3,(H,32,34)/t22-,23+,25+,26-,30-/m0/s1. The molecular weight excluding hydrogens is 482 g/mol. The first kappa shape index (κ1) is 28.1. The van der Waals surface area contributed by atoms with Crippen LogP contribution in [0, 0.1) is 18.8 Å². The summed E-state index contributed by atoms with van der Waals surface area (Å²) in [6.45, 7) is 4.95. The van der Waals surface area contributed by atoms with Gasteiger partial charge in [-0.1, -0.05) is 36.4 Å². The summed E-state index contributed by atoms with van der Waals surface area (Å²) in [5.74, 6) is 0.687. The van der Waals surface area contributed by atoms with Crippen LogP contribution in [0.3, 0.4) is 0 Å². The van der Waals surface area contributed by atoms with Gasteiger partial charge in [-0.05, 0) is 63.1 Å². The molecular formula is C30H41N3O5. The van der Waals surface area contributed by atoms with Gasteiger partial charge in [0.05, 0.1) is 11.7 Å². The van der Waals surface area contributed by atoms with E-state index in [1.165, 1.54) is 6.92 Å². The van der Waals surface area contributed by atoms with Crippen LogP contribution in [0.4, 0.5) is 0 Å². The zero-order valence-electron chi connectivity index (χ0n) is 22.4. The quantitative estimate of drug-likeness (QED) is 0.374. The molecule has 0 radical (unpaired) electrons. The van der Waals surface area contributed by atoms with Crippen molar-refractivity contribution in [3.63, 3.8) is 0 Å². The Labute approximate surface area is 225 Å². The Morgan fingerprint density at radius 1 is 1.13 bits per heavy atom. The zero-order chi connectivity index (χ0) is 27.3. The minimum atomic E-state index is -1.28. The predicted molar refractivity (Wildman–Crippen MR) is 146 cm³/mol. The molecule has 2 amide bonds. The number of ether oxygens (including phenoxy) is 1. The number of nitrogens with one attached hydrogen (secondary N) is 1. The summed E-state index contributed by atoms with van der Waals surface area (Å²) in [5.41, 5.74) is 6.38. The number of likely N-dealkylation sites (tertiary alicyclic amines) is 1. The van der Waals surface area contributed by atoms with Crippen molar-refractivity contribution in [2.45, 2.75) is 70.1 Å². The van der Waals surface area contributed by atoms with Gasteiger partial charge < -0.3 is 30.9 Å². The average Bonchev–Trinajstić information content (AvgIpc) is 3.25. The van der Waals surface area contributed by atoms with Crippen LogP contribution < -0.4 is 15.8 Å². The van der Waals surface area contributed by atoms with E-state index >= 15 is 0 Å². The minimum Gasteiger partial charge on any atom is -0.457 e. The van der Waals surface area contributed by atoms with Gasteiger partial charge in [-0.25, -0.2) is 0 Å². The fraction of sp³-hybridized carbons (Fsp3) is 0.533. The molecule has 0 bridgehead atoms. The summed E-state index contributed by atoms with van der Waals surface area (Å²) in [5, 5.41) is 25.4. The number of carbonyl (C=O) groups is 2. The molecule has 38 heavy (non-hydrogen) atoms. The van der Waals surface area contributed by atoms with E-state index < -0.39 is 11.7 Å². The summed E-state index contributed by atoms with van der Waals surface area (Å²) < 4.78 is 6.35. The van der Waals surface area contributed by atoms with Gasteiger partial charge >= 0.3 is 0 Å². The second-order valence-electron chi connectivity index (χ2n) is 10.9. The Kier molecular flexibility index (Phi) is 9.07. The van der Waals surface area contributed by atoms with E-state index in [0.29, 0.717) is 56.6 Å². The van der Waals surface area contributed by atoms with E-state index in [2.05, 4.69) is 5.32 Å². The average molecular weight is 524 g/mol. The van der Waals surface area contributed by atoms with E-state index in [9.17, 15) is 19.8 Å². The molecule has 1 saturated heterocycles. The lowest BCUT2D eigenvalue weighted by Crippen LogP contribution is -2.49. The number of hydrogen-bond acceptors (Lipinski definition) is 6. The third-order valence-electron chi connectivity index (χ3n) is 8.11. The number of nitrogens with zero attached hydrogens (tertiary/aromatic N) is 1. The maximum Gasteiger partial charge on any atom is 0.225 e. The summed E-state index contributed by atoms with van der Waals surface area (Å²) >= 11 is 0. The summed E-state index contributed by atoms with van der Waals surface area (Å²) in [6.07, 6.45) is 2.72. The van der Waals surface area contributed by atoms with Crippen LogP contribution in [0.1, 0.15) is 56.6 Å². The molecule has 2 fully saturated rings. The van der Waals surface area contributed by atoms with Crippen molar-refractivity contribution >= 4 is 11.8 Å². The first-order valence-electron chi connectivity index (χ1n) is 13.7. The number of nitrogens with two attached hydrogens (primary N) is 1. The topological polar surface area (TPSA) is 125 Å². The first-order chi connectivity index (χ1) is 18.2. The monoisotopic (exact) mass is 523 g/mol. The number of carbonyl (C=O) groups excluding carboxylic acids is 2. The van der Waals surface area contributed by atoms with Crippen LogP contribution in [0.25, 0.3) is 0 Å². The number of amides is 2. The molecule has 0 unspecified atom stereocenters. The van der Waals surface area contributed by atoms with E-state index in [0.717, 1.165) is 24.2 Å². The van der Waals surface area contributed by atoms with Crippen LogP contribution >= 0.6 is 0 Å². The van der Waals surface area contributed by atoms with Crippen molar-refractivity contribution in [2.75, 3.05) is 19.6 Å². The third-order valence-corrected chi connectivity index (χ3v) is 8.11. The molecule has 5 N–H and O–H groups in total. The largest absolute Gasteiger partial charge is 0.457 e. The highest BCUT2D eigenvalue weighted by atomic mass is 16.5. The van der Waals surface area contributed by atoms with Crippen molar-refractivity contribution in [2.24, 2.45) is 17.6 Å². The van der Waals surface area contributed by atoms with Gasteiger partial charge in [-0.3, -0.25) is 9.59 Å². The van der Waals surface area contributed by atoms with Gasteiger partial charge in [0.1, 0.15) is 11.5 Å². The molecule has 8 nitrogen and oxygen atoms in total. The molecule has 0 spiro atoms. The lowest BCUT2D eigenvalue weighted by Gasteiger charge is -2.44. The maximum atomic E-state index is 13.4. The van der Waals surface area contributed by atoms with E-state index in [-0.39, 0.29) is 29.7 Å². The first-order valence-corrected chi connectivity index (χ1v) is 13.7. The molecule has 8 heteroatoms. The molecule has 5 atom stereocenters. The molecule has 2 aromatic rings. The summed E-state index contributed by atoms with van der Waals surface area (Å²) in [4.78, 5) is 26.7. The fourth-order valence-electron chi connectivity index (χ4n) is 5.96. The highest BCUT2D eigenvalue weighted by molar-refractivity contribution is 5.79. The molecule has 1 saturated carbocycles. The third kappa shape index (κ3) is 6.37. The molecule has 1 aliphatic carbocycles. The highest BCUT2D eigenvalue weighted by Gasteiger charge is 2.44. The van der Waals surface area contributed by atoms with Gasteiger partial charge in [0.25, 0.3) is 0 Å². The number of aliphatic hydroxyl groups excluding tert-OH is 1. The number of aliphatic hydroxyl groups is 2. The molecule has 4 rings (SSSR count). The number of hydrogen-bond donors (Lipinski definition) is 4. The Morgan fingerprint density at radius 2 is 1.84 bits per heavy atom. The van der Waals surface area contributed by atoms with E-state index in [1.54, 1.807) is 0 Å². The van der Waals surface area contributed by atoms with Crippen LogP contribution in [0.5, 0.6) is 11.5 Å². The van der Waals surface area contributed by atoms with Crippen molar-refractivity contribution < 1.29 is 24.5 Å². The van der Waals surface area contributed by atoms with Crippen molar-refractivity contribution in [3.8, 4) is 11.5 Å². The molecule has 2 aromatic carbocycles. The van der Waals surface area contributed by atoms with Crippen molar-refractivity contribution in [1.29, 1.82) is 0 Å². The molecule has 2 aliphatic rings. The molecule has 0 aromatic heterocycles. The highest BCUT2D eigenvalue weighted by Crippen LogP contribution is 2.44.